The second kappa shape index (κ2) is 7.10. The van der Waals surface area contributed by atoms with Crippen LogP contribution in [0, 0.1) is 0 Å². The molecule has 0 aliphatic heterocycles. The summed E-state index contributed by atoms with van der Waals surface area (Å²) in [7, 11) is 0. The van der Waals surface area contributed by atoms with Crippen LogP contribution in [-0.4, -0.2) is 16.3 Å². The highest BCUT2D eigenvalue weighted by atomic mass is 15.3. The molecule has 102 valence electrons. The second-order valence-corrected chi connectivity index (χ2v) is 4.72. The Labute approximate surface area is 115 Å². The first-order valence-electron chi connectivity index (χ1n) is 7.13. The summed E-state index contributed by atoms with van der Waals surface area (Å²) in [6, 6.07) is 12.7. The molecule has 0 fully saturated rings. The zero-order chi connectivity index (χ0) is 13.5. The first kappa shape index (κ1) is 13.8. The molecule has 0 aliphatic rings. The minimum Gasteiger partial charge on any atom is -0.311 e. The minimum atomic E-state index is 0.921. The highest BCUT2D eigenvalue weighted by molar-refractivity contribution is 5.14. The molecule has 1 aromatic carbocycles. The van der Waals surface area contributed by atoms with Crippen LogP contribution in [0.3, 0.4) is 0 Å². The van der Waals surface area contributed by atoms with Gasteiger partial charge in [0.15, 0.2) is 0 Å². The lowest BCUT2D eigenvalue weighted by Crippen LogP contribution is -2.21. The number of nitrogens with zero attached hydrogens (tertiary/aromatic N) is 2. The van der Waals surface area contributed by atoms with E-state index in [9.17, 15) is 0 Å². The average Bonchev–Trinajstić information content (AvgIpc) is 2.87. The van der Waals surface area contributed by atoms with Gasteiger partial charge in [-0.25, -0.2) is 0 Å². The smallest absolute Gasteiger partial charge is 0.0624 e. The van der Waals surface area contributed by atoms with E-state index in [4.69, 9.17) is 0 Å². The van der Waals surface area contributed by atoms with Crippen LogP contribution in [-0.2, 0) is 25.9 Å². The van der Waals surface area contributed by atoms with Crippen molar-refractivity contribution in [1.29, 1.82) is 0 Å². The number of hydrogen-bond acceptors (Lipinski definition) is 2. The molecule has 0 saturated carbocycles. The molecule has 0 spiro atoms. The maximum absolute atomic E-state index is 4.62. The summed E-state index contributed by atoms with van der Waals surface area (Å²) in [6.45, 7) is 7.15. The molecule has 3 nitrogen and oxygen atoms in total. The lowest BCUT2D eigenvalue weighted by Gasteiger charge is -2.07. The van der Waals surface area contributed by atoms with Gasteiger partial charge in [0.05, 0.1) is 12.2 Å². The molecule has 0 radical (unpaired) electrons. The van der Waals surface area contributed by atoms with Gasteiger partial charge in [0, 0.05) is 18.8 Å². The van der Waals surface area contributed by atoms with Crippen molar-refractivity contribution in [2.45, 2.75) is 39.8 Å². The Morgan fingerprint density at radius 3 is 2.58 bits per heavy atom. The zero-order valence-electron chi connectivity index (χ0n) is 11.9. The van der Waals surface area contributed by atoms with Gasteiger partial charge < -0.3 is 5.32 Å². The summed E-state index contributed by atoms with van der Waals surface area (Å²) in [6.07, 6.45) is 2.06. The topological polar surface area (TPSA) is 29.9 Å². The standard InChI is InChI=1S/C16H23N3/c1-3-15-12-16(4-2)19(18-15)11-10-17-13-14-8-6-5-7-9-14/h5-9,12,17H,3-4,10-11,13H2,1-2H3. The lowest BCUT2D eigenvalue weighted by atomic mass is 10.2. The van der Waals surface area contributed by atoms with Crippen molar-refractivity contribution in [3.63, 3.8) is 0 Å². The first-order valence-corrected chi connectivity index (χ1v) is 7.13. The summed E-state index contributed by atoms with van der Waals surface area (Å²) in [5, 5.41) is 8.09. The molecule has 0 aliphatic carbocycles. The first-order chi connectivity index (χ1) is 9.33. The van der Waals surface area contributed by atoms with Crippen LogP contribution in [0.1, 0.15) is 30.8 Å². The quantitative estimate of drug-likeness (QED) is 0.773. The van der Waals surface area contributed by atoms with Gasteiger partial charge in [-0.1, -0.05) is 44.2 Å². The van der Waals surface area contributed by atoms with E-state index in [2.05, 4.69) is 59.3 Å². The molecule has 2 rings (SSSR count). The molecular formula is C16H23N3. The number of rotatable bonds is 7. The van der Waals surface area contributed by atoms with Crippen molar-refractivity contribution in [1.82, 2.24) is 15.1 Å². The minimum absolute atomic E-state index is 0.921. The van der Waals surface area contributed by atoms with Crippen LogP contribution in [0.4, 0.5) is 0 Å². The van der Waals surface area contributed by atoms with Gasteiger partial charge in [-0.3, -0.25) is 4.68 Å². The lowest BCUT2D eigenvalue weighted by molar-refractivity contribution is 0.535. The second-order valence-electron chi connectivity index (χ2n) is 4.72. The van der Waals surface area contributed by atoms with Crippen LogP contribution in [0.2, 0.25) is 0 Å². The Morgan fingerprint density at radius 2 is 1.89 bits per heavy atom. The monoisotopic (exact) mass is 257 g/mol. The predicted molar refractivity (Wildman–Crippen MR) is 79.1 cm³/mol. The highest BCUT2D eigenvalue weighted by Gasteiger charge is 2.04. The molecule has 1 heterocycles. The SMILES string of the molecule is CCc1cc(CC)n(CCNCc2ccccc2)n1. The predicted octanol–water partition coefficient (Wildman–Crippen LogP) is 2.80. The van der Waals surface area contributed by atoms with Crippen molar-refractivity contribution >= 4 is 0 Å². The summed E-state index contributed by atoms with van der Waals surface area (Å²) in [5.74, 6) is 0. The van der Waals surface area contributed by atoms with Crippen LogP contribution in [0.15, 0.2) is 36.4 Å². The van der Waals surface area contributed by atoms with E-state index in [0.717, 1.165) is 32.5 Å². The summed E-state index contributed by atoms with van der Waals surface area (Å²) in [4.78, 5) is 0. The molecule has 1 N–H and O–H groups in total. The molecule has 0 atom stereocenters. The van der Waals surface area contributed by atoms with Gasteiger partial charge in [-0.15, -0.1) is 0 Å². The van der Waals surface area contributed by atoms with E-state index in [1.54, 1.807) is 0 Å². The van der Waals surface area contributed by atoms with Crippen LogP contribution in [0.5, 0.6) is 0 Å². The van der Waals surface area contributed by atoms with E-state index in [0.29, 0.717) is 0 Å². The van der Waals surface area contributed by atoms with Gasteiger partial charge in [0.1, 0.15) is 0 Å². The molecule has 1 aromatic heterocycles. The van der Waals surface area contributed by atoms with Crippen LogP contribution in [0.25, 0.3) is 0 Å². The number of aromatic nitrogens is 2. The molecule has 0 amide bonds. The molecule has 2 aromatic rings. The largest absolute Gasteiger partial charge is 0.311 e. The number of aryl methyl sites for hydroxylation is 2. The Balaban J connectivity index is 1.81. The number of benzene rings is 1. The van der Waals surface area contributed by atoms with E-state index >= 15 is 0 Å². The Hall–Kier alpha value is -1.61. The van der Waals surface area contributed by atoms with Crippen LogP contribution >= 0.6 is 0 Å². The maximum Gasteiger partial charge on any atom is 0.0624 e. The van der Waals surface area contributed by atoms with E-state index in [1.165, 1.54) is 17.0 Å². The van der Waals surface area contributed by atoms with Crippen molar-refractivity contribution in [2.75, 3.05) is 6.54 Å². The highest BCUT2D eigenvalue weighted by Crippen LogP contribution is 2.06. The van der Waals surface area contributed by atoms with Gasteiger partial charge in [-0.05, 0) is 24.5 Å². The van der Waals surface area contributed by atoms with Crippen molar-refractivity contribution in [2.24, 2.45) is 0 Å². The molecule has 0 bridgehead atoms. The summed E-state index contributed by atoms with van der Waals surface area (Å²) >= 11 is 0. The van der Waals surface area contributed by atoms with Gasteiger partial charge in [0.2, 0.25) is 0 Å². The molecule has 19 heavy (non-hydrogen) atoms. The van der Waals surface area contributed by atoms with Crippen LogP contribution < -0.4 is 5.32 Å². The maximum atomic E-state index is 4.62. The third kappa shape index (κ3) is 3.93. The Kier molecular flexibility index (Phi) is 5.16. The molecule has 3 heteroatoms. The normalized spacial score (nSPS) is 10.8. The third-order valence-electron chi connectivity index (χ3n) is 3.31. The molecule has 0 unspecified atom stereocenters. The third-order valence-corrected chi connectivity index (χ3v) is 3.31. The van der Waals surface area contributed by atoms with E-state index < -0.39 is 0 Å². The van der Waals surface area contributed by atoms with Crippen molar-refractivity contribution in [3.05, 3.63) is 53.3 Å². The van der Waals surface area contributed by atoms with Crippen molar-refractivity contribution < 1.29 is 0 Å². The molecule has 0 saturated heterocycles. The Bertz CT molecular complexity index is 488. The average molecular weight is 257 g/mol. The Morgan fingerprint density at radius 1 is 1.11 bits per heavy atom. The number of hydrogen-bond donors (Lipinski definition) is 1. The van der Waals surface area contributed by atoms with Crippen molar-refractivity contribution in [3.8, 4) is 0 Å². The zero-order valence-corrected chi connectivity index (χ0v) is 11.9. The van der Waals surface area contributed by atoms with Gasteiger partial charge in [-0.2, -0.15) is 5.10 Å². The fourth-order valence-corrected chi connectivity index (χ4v) is 2.18. The fraction of sp³-hybridized carbons (Fsp3) is 0.438. The van der Waals surface area contributed by atoms with E-state index in [1.807, 2.05) is 6.07 Å². The fourth-order valence-electron chi connectivity index (χ4n) is 2.18. The van der Waals surface area contributed by atoms with Gasteiger partial charge >= 0.3 is 0 Å². The summed E-state index contributed by atoms with van der Waals surface area (Å²) < 4.78 is 2.14. The number of nitrogens with one attached hydrogen (secondary N) is 1. The van der Waals surface area contributed by atoms with Gasteiger partial charge in [0.25, 0.3) is 0 Å². The van der Waals surface area contributed by atoms with E-state index in [-0.39, 0.29) is 0 Å². The molecular weight excluding hydrogens is 234 g/mol. The summed E-state index contributed by atoms with van der Waals surface area (Å²) in [5.41, 5.74) is 3.85.